The second-order valence-corrected chi connectivity index (χ2v) is 2.48. The molecule has 1 N–H and O–H groups in total. The summed E-state index contributed by atoms with van der Waals surface area (Å²) in [6.45, 7) is 2.08. The van der Waals surface area contributed by atoms with Gasteiger partial charge in [0.25, 0.3) is 0 Å². The molecular formula is C5H11IO. The summed E-state index contributed by atoms with van der Waals surface area (Å²) in [6.07, 6.45) is 1.97. The summed E-state index contributed by atoms with van der Waals surface area (Å²) in [5.74, 6) is 0. The van der Waals surface area contributed by atoms with Crippen molar-refractivity contribution in [2.24, 2.45) is 0 Å². The molecule has 44 valence electrons. The minimum absolute atomic E-state index is 0.0643. The Kier molecular flexibility index (Phi) is 5.32. The van der Waals surface area contributed by atoms with Gasteiger partial charge in [0, 0.05) is 4.43 Å². The first-order valence-corrected chi connectivity index (χ1v) is 4.07. The van der Waals surface area contributed by atoms with E-state index in [-0.39, 0.29) is 6.10 Å². The van der Waals surface area contributed by atoms with Gasteiger partial charge in [-0.2, -0.15) is 0 Å². The standard InChI is InChI=1S/C5H11IO/c1-2-3-5(7)4-6/h5,7H,2-4H2,1H3/t5-/m0/s1. The molecule has 0 aliphatic carbocycles. The van der Waals surface area contributed by atoms with E-state index in [1.807, 2.05) is 0 Å². The van der Waals surface area contributed by atoms with Crippen molar-refractivity contribution in [1.29, 1.82) is 0 Å². The molecule has 0 unspecified atom stereocenters. The zero-order valence-corrected chi connectivity index (χ0v) is 6.68. The normalized spacial score (nSPS) is 14.1. The maximum absolute atomic E-state index is 8.85. The van der Waals surface area contributed by atoms with Crippen molar-refractivity contribution < 1.29 is 5.11 Å². The van der Waals surface area contributed by atoms with Gasteiger partial charge >= 0.3 is 0 Å². The van der Waals surface area contributed by atoms with Crippen LogP contribution in [0, 0.1) is 0 Å². The van der Waals surface area contributed by atoms with Gasteiger partial charge in [0.05, 0.1) is 6.10 Å². The van der Waals surface area contributed by atoms with Crippen LogP contribution in [0.5, 0.6) is 0 Å². The molecular weight excluding hydrogens is 203 g/mol. The van der Waals surface area contributed by atoms with E-state index >= 15 is 0 Å². The lowest BCUT2D eigenvalue weighted by Crippen LogP contribution is -2.05. The Hall–Kier alpha value is 0.690. The summed E-state index contributed by atoms with van der Waals surface area (Å²) in [7, 11) is 0. The average molecular weight is 214 g/mol. The molecule has 0 heterocycles. The van der Waals surface area contributed by atoms with Crippen molar-refractivity contribution in [2.75, 3.05) is 4.43 Å². The predicted molar refractivity (Wildman–Crippen MR) is 39.8 cm³/mol. The Balaban J connectivity index is 2.83. The fraction of sp³-hybridized carbons (Fsp3) is 1.00. The molecule has 0 fully saturated rings. The monoisotopic (exact) mass is 214 g/mol. The third-order valence-corrected chi connectivity index (χ3v) is 1.82. The lowest BCUT2D eigenvalue weighted by Gasteiger charge is -2.00. The minimum atomic E-state index is -0.0643. The Morgan fingerprint density at radius 3 is 2.43 bits per heavy atom. The fourth-order valence-corrected chi connectivity index (χ4v) is 0.851. The number of rotatable bonds is 3. The van der Waals surface area contributed by atoms with Crippen molar-refractivity contribution in [2.45, 2.75) is 25.9 Å². The van der Waals surface area contributed by atoms with Gasteiger partial charge < -0.3 is 5.11 Å². The van der Waals surface area contributed by atoms with E-state index in [0.717, 1.165) is 17.3 Å². The third-order valence-electron chi connectivity index (χ3n) is 0.800. The van der Waals surface area contributed by atoms with Crippen LogP contribution in [-0.2, 0) is 0 Å². The van der Waals surface area contributed by atoms with E-state index in [9.17, 15) is 0 Å². The molecule has 0 bridgehead atoms. The Morgan fingerprint density at radius 1 is 1.71 bits per heavy atom. The molecule has 1 nitrogen and oxygen atoms in total. The van der Waals surface area contributed by atoms with Crippen LogP contribution in [-0.4, -0.2) is 15.6 Å². The molecule has 0 spiro atoms. The number of aliphatic hydroxyl groups is 1. The lowest BCUT2D eigenvalue weighted by molar-refractivity contribution is 0.191. The highest BCUT2D eigenvalue weighted by Gasteiger charge is 1.95. The van der Waals surface area contributed by atoms with Crippen molar-refractivity contribution in [1.82, 2.24) is 0 Å². The molecule has 2 heteroatoms. The second kappa shape index (κ2) is 4.84. The SMILES string of the molecule is CCC[C@H](O)CI. The van der Waals surface area contributed by atoms with Crippen molar-refractivity contribution in [3.05, 3.63) is 0 Å². The number of halogens is 1. The molecule has 7 heavy (non-hydrogen) atoms. The topological polar surface area (TPSA) is 20.2 Å². The van der Waals surface area contributed by atoms with Crippen LogP contribution >= 0.6 is 22.6 Å². The highest BCUT2D eigenvalue weighted by atomic mass is 127. The molecule has 0 aromatic rings. The van der Waals surface area contributed by atoms with E-state index in [0.29, 0.717) is 0 Å². The van der Waals surface area contributed by atoms with Crippen LogP contribution in [0.25, 0.3) is 0 Å². The van der Waals surface area contributed by atoms with Crippen molar-refractivity contribution in [3.8, 4) is 0 Å². The second-order valence-electron chi connectivity index (χ2n) is 1.60. The third kappa shape index (κ3) is 4.55. The van der Waals surface area contributed by atoms with Crippen LogP contribution in [0.1, 0.15) is 19.8 Å². The number of hydrogen-bond donors (Lipinski definition) is 1. The zero-order valence-electron chi connectivity index (χ0n) is 4.52. The minimum Gasteiger partial charge on any atom is -0.392 e. The molecule has 0 saturated heterocycles. The summed E-state index contributed by atoms with van der Waals surface area (Å²) >= 11 is 2.19. The summed E-state index contributed by atoms with van der Waals surface area (Å²) in [4.78, 5) is 0. The Labute approximate surface area is 58.3 Å². The Bertz CT molecular complexity index is 39.1. The predicted octanol–water partition coefficient (Wildman–Crippen LogP) is 1.58. The quantitative estimate of drug-likeness (QED) is 0.558. The molecule has 0 amide bonds. The van der Waals surface area contributed by atoms with E-state index in [4.69, 9.17) is 5.11 Å². The van der Waals surface area contributed by atoms with Crippen molar-refractivity contribution in [3.63, 3.8) is 0 Å². The van der Waals surface area contributed by atoms with E-state index in [1.165, 1.54) is 0 Å². The highest BCUT2D eigenvalue weighted by molar-refractivity contribution is 14.1. The van der Waals surface area contributed by atoms with Crippen LogP contribution in [0.2, 0.25) is 0 Å². The van der Waals surface area contributed by atoms with Crippen LogP contribution in [0.3, 0.4) is 0 Å². The lowest BCUT2D eigenvalue weighted by atomic mass is 10.2. The van der Waals surface area contributed by atoms with Gasteiger partial charge in [0.2, 0.25) is 0 Å². The van der Waals surface area contributed by atoms with Gasteiger partial charge in [0.15, 0.2) is 0 Å². The summed E-state index contributed by atoms with van der Waals surface area (Å²) in [5.41, 5.74) is 0. The number of hydrogen-bond acceptors (Lipinski definition) is 1. The van der Waals surface area contributed by atoms with Gasteiger partial charge in [-0.15, -0.1) is 0 Å². The fourth-order valence-electron chi connectivity index (χ4n) is 0.410. The maximum atomic E-state index is 8.85. The first kappa shape index (κ1) is 7.69. The van der Waals surface area contributed by atoms with E-state index in [2.05, 4.69) is 29.5 Å². The highest BCUT2D eigenvalue weighted by Crippen LogP contribution is 1.98. The maximum Gasteiger partial charge on any atom is 0.0629 e. The summed E-state index contributed by atoms with van der Waals surface area (Å²) in [6, 6.07) is 0. The first-order chi connectivity index (χ1) is 3.31. The molecule has 1 atom stereocenters. The Morgan fingerprint density at radius 2 is 2.29 bits per heavy atom. The molecule has 0 rings (SSSR count). The van der Waals surface area contributed by atoms with Gasteiger partial charge in [-0.05, 0) is 6.42 Å². The van der Waals surface area contributed by atoms with Gasteiger partial charge in [0.1, 0.15) is 0 Å². The van der Waals surface area contributed by atoms with Crippen LogP contribution in [0.4, 0.5) is 0 Å². The van der Waals surface area contributed by atoms with Gasteiger partial charge in [-0.25, -0.2) is 0 Å². The van der Waals surface area contributed by atoms with E-state index in [1.54, 1.807) is 0 Å². The molecule has 0 aromatic carbocycles. The van der Waals surface area contributed by atoms with Crippen LogP contribution in [0.15, 0.2) is 0 Å². The molecule has 0 aliphatic heterocycles. The first-order valence-electron chi connectivity index (χ1n) is 2.55. The van der Waals surface area contributed by atoms with Crippen LogP contribution < -0.4 is 0 Å². The molecule has 0 aliphatic rings. The summed E-state index contributed by atoms with van der Waals surface area (Å²) in [5, 5.41) is 8.85. The molecule has 0 saturated carbocycles. The van der Waals surface area contributed by atoms with Crippen molar-refractivity contribution >= 4 is 22.6 Å². The summed E-state index contributed by atoms with van der Waals surface area (Å²) < 4.78 is 0.867. The number of alkyl halides is 1. The molecule has 0 aromatic heterocycles. The largest absolute Gasteiger partial charge is 0.392 e. The zero-order chi connectivity index (χ0) is 5.70. The van der Waals surface area contributed by atoms with E-state index < -0.39 is 0 Å². The smallest absolute Gasteiger partial charge is 0.0629 e. The van der Waals surface area contributed by atoms with Gasteiger partial charge in [-0.3, -0.25) is 0 Å². The number of aliphatic hydroxyl groups excluding tert-OH is 1. The molecule has 0 radical (unpaired) electrons. The average Bonchev–Trinajstić information content (AvgIpc) is 1.68. The van der Waals surface area contributed by atoms with Gasteiger partial charge in [-0.1, -0.05) is 35.9 Å².